The van der Waals surface area contributed by atoms with Crippen LogP contribution in [0.1, 0.15) is 18.1 Å². The van der Waals surface area contributed by atoms with Crippen LogP contribution in [0.15, 0.2) is 77.9 Å². The number of carbonyl (C=O) groups excluding carboxylic acids is 1. The summed E-state index contributed by atoms with van der Waals surface area (Å²) >= 11 is 0. The standard InChI is InChI=1S/C28H31N5O/c1-2-33-26-11-7-6-10-24(26)25-18-23(12-13-27(25)33)19-29-30-28(34)21-32-16-14-31(15-17-32)20-22-8-4-3-5-9-22/h3-13,18-19H,2,14-17,20-21H2,1H3,(H,30,34). The van der Waals surface area contributed by atoms with Gasteiger partial charge in [-0.1, -0.05) is 54.6 Å². The first-order chi connectivity index (χ1) is 16.7. The monoisotopic (exact) mass is 453 g/mol. The Bertz CT molecular complexity index is 1300. The summed E-state index contributed by atoms with van der Waals surface area (Å²) in [6.45, 7) is 8.15. The molecule has 6 heteroatoms. The van der Waals surface area contributed by atoms with Crippen molar-refractivity contribution < 1.29 is 4.79 Å². The number of nitrogens with zero attached hydrogens (tertiary/aromatic N) is 4. The summed E-state index contributed by atoms with van der Waals surface area (Å²) in [5.41, 5.74) is 7.47. The molecule has 0 atom stereocenters. The molecule has 1 aromatic heterocycles. The van der Waals surface area contributed by atoms with Crippen LogP contribution in [0.5, 0.6) is 0 Å². The van der Waals surface area contributed by atoms with Crippen molar-refractivity contribution in [3.05, 3.63) is 83.9 Å². The number of nitrogens with one attached hydrogen (secondary N) is 1. The maximum Gasteiger partial charge on any atom is 0.254 e. The Balaban J connectivity index is 1.15. The van der Waals surface area contributed by atoms with Gasteiger partial charge in [-0.2, -0.15) is 5.10 Å². The lowest BCUT2D eigenvalue weighted by molar-refractivity contribution is -0.122. The maximum absolute atomic E-state index is 12.4. The molecule has 5 rings (SSSR count). The van der Waals surface area contributed by atoms with Gasteiger partial charge in [0.1, 0.15) is 0 Å². The Kier molecular flexibility index (Phi) is 6.70. The summed E-state index contributed by atoms with van der Waals surface area (Å²) in [5.74, 6) is -0.0728. The highest BCUT2D eigenvalue weighted by molar-refractivity contribution is 6.09. The third-order valence-electron chi connectivity index (χ3n) is 6.60. The predicted octanol–water partition coefficient (Wildman–Crippen LogP) is 4.08. The second-order valence-electron chi connectivity index (χ2n) is 8.87. The fourth-order valence-electron chi connectivity index (χ4n) is 4.86. The summed E-state index contributed by atoms with van der Waals surface area (Å²) in [6.07, 6.45) is 1.73. The first kappa shape index (κ1) is 22.3. The Morgan fingerprint density at radius 1 is 0.882 bits per heavy atom. The smallest absolute Gasteiger partial charge is 0.254 e. The van der Waals surface area contributed by atoms with Gasteiger partial charge in [-0.15, -0.1) is 0 Å². The van der Waals surface area contributed by atoms with E-state index in [1.807, 2.05) is 6.07 Å². The normalized spacial score (nSPS) is 15.4. The van der Waals surface area contributed by atoms with Gasteiger partial charge in [0.25, 0.3) is 5.91 Å². The average Bonchev–Trinajstić information content (AvgIpc) is 3.19. The van der Waals surface area contributed by atoms with Crippen LogP contribution in [0.2, 0.25) is 0 Å². The molecule has 0 unspecified atom stereocenters. The fourth-order valence-corrected chi connectivity index (χ4v) is 4.86. The number of aromatic nitrogens is 1. The van der Waals surface area contributed by atoms with E-state index in [4.69, 9.17) is 0 Å². The number of carbonyl (C=O) groups is 1. The van der Waals surface area contributed by atoms with Crippen molar-refractivity contribution in [2.45, 2.75) is 20.0 Å². The molecule has 1 N–H and O–H groups in total. The fraction of sp³-hybridized carbons (Fsp3) is 0.286. The maximum atomic E-state index is 12.4. The van der Waals surface area contributed by atoms with Crippen LogP contribution in [-0.2, 0) is 17.9 Å². The minimum Gasteiger partial charge on any atom is -0.341 e. The summed E-state index contributed by atoms with van der Waals surface area (Å²) in [6, 6.07) is 25.3. The summed E-state index contributed by atoms with van der Waals surface area (Å²) in [5, 5.41) is 6.67. The van der Waals surface area contributed by atoms with Crippen molar-refractivity contribution in [1.29, 1.82) is 0 Å². The second-order valence-corrected chi connectivity index (χ2v) is 8.87. The van der Waals surface area contributed by atoms with Gasteiger partial charge in [0.05, 0.1) is 12.8 Å². The zero-order valence-corrected chi connectivity index (χ0v) is 19.7. The molecule has 1 fully saturated rings. The van der Waals surface area contributed by atoms with Gasteiger partial charge < -0.3 is 4.57 Å². The second kappa shape index (κ2) is 10.2. The van der Waals surface area contributed by atoms with Crippen LogP contribution in [0.4, 0.5) is 0 Å². The molecule has 0 spiro atoms. The van der Waals surface area contributed by atoms with E-state index in [-0.39, 0.29) is 5.91 Å². The zero-order chi connectivity index (χ0) is 23.3. The lowest BCUT2D eigenvalue weighted by Gasteiger charge is -2.34. The van der Waals surface area contributed by atoms with Crippen molar-refractivity contribution in [3.8, 4) is 0 Å². The molecule has 0 aliphatic carbocycles. The van der Waals surface area contributed by atoms with Crippen molar-refractivity contribution in [1.82, 2.24) is 19.8 Å². The van der Waals surface area contributed by atoms with Gasteiger partial charge in [-0.05, 0) is 36.2 Å². The lowest BCUT2D eigenvalue weighted by Crippen LogP contribution is -2.48. The number of hydrazone groups is 1. The van der Waals surface area contributed by atoms with Gasteiger partial charge in [0.15, 0.2) is 0 Å². The zero-order valence-electron chi connectivity index (χ0n) is 19.7. The molecule has 4 aromatic rings. The molecule has 1 amide bonds. The van der Waals surface area contributed by atoms with E-state index >= 15 is 0 Å². The van der Waals surface area contributed by atoms with Crippen LogP contribution in [0, 0.1) is 0 Å². The molecule has 0 radical (unpaired) electrons. The Morgan fingerprint density at radius 2 is 1.59 bits per heavy atom. The van der Waals surface area contributed by atoms with Gasteiger partial charge in [0.2, 0.25) is 0 Å². The highest BCUT2D eigenvalue weighted by Gasteiger charge is 2.18. The number of aryl methyl sites for hydroxylation is 1. The third-order valence-corrected chi connectivity index (χ3v) is 6.60. The molecule has 174 valence electrons. The molecule has 1 aliphatic rings. The number of fused-ring (bicyclic) bond motifs is 3. The lowest BCUT2D eigenvalue weighted by atomic mass is 10.1. The summed E-state index contributed by atoms with van der Waals surface area (Å²) in [7, 11) is 0. The average molecular weight is 454 g/mol. The van der Waals surface area contributed by atoms with Crippen LogP contribution in [0.3, 0.4) is 0 Å². The van der Waals surface area contributed by atoms with Gasteiger partial charge in [0, 0.05) is 61.1 Å². The number of benzene rings is 3. The minimum atomic E-state index is -0.0728. The van der Waals surface area contributed by atoms with Gasteiger partial charge in [-0.3, -0.25) is 14.6 Å². The molecule has 0 saturated carbocycles. The summed E-state index contributed by atoms with van der Waals surface area (Å²) in [4.78, 5) is 17.1. The molecule has 0 bridgehead atoms. The Hall–Kier alpha value is -3.48. The van der Waals surface area contributed by atoms with E-state index in [9.17, 15) is 4.79 Å². The van der Waals surface area contributed by atoms with Crippen molar-refractivity contribution in [2.75, 3.05) is 32.7 Å². The largest absolute Gasteiger partial charge is 0.341 e. The number of rotatable bonds is 7. The number of para-hydroxylation sites is 1. The van der Waals surface area contributed by atoms with Crippen LogP contribution < -0.4 is 5.43 Å². The van der Waals surface area contributed by atoms with Gasteiger partial charge in [-0.25, -0.2) is 5.43 Å². The summed E-state index contributed by atoms with van der Waals surface area (Å²) < 4.78 is 2.33. The number of piperazine rings is 1. The van der Waals surface area contributed by atoms with E-state index in [0.29, 0.717) is 6.54 Å². The van der Waals surface area contributed by atoms with E-state index < -0.39 is 0 Å². The highest BCUT2D eigenvalue weighted by atomic mass is 16.2. The molecular formula is C28H31N5O. The minimum absolute atomic E-state index is 0.0728. The first-order valence-electron chi connectivity index (χ1n) is 12.0. The molecule has 1 aliphatic heterocycles. The highest BCUT2D eigenvalue weighted by Crippen LogP contribution is 2.29. The van der Waals surface area contributed by atoms with Crippen LogP contribution >= 0.6 is 0 Å². The van der Waals surface area contributed by atoms with E-state index in [0.717, 1.165) is 44.8 Å². The van der Waals surface area contributed by atoms with Crippen LogP contribution in [0.25, 0.3) is 21.8 Å². The van der Waals surface area contributed by atoms with E-state index in [1.165, 1.54) is 27.4 Å². The number of hydrogen-bond acceptors (Lipinski definition) is 4. The quantitative estimate of drug-likeness (QED) is 0.339. The topological polar surface area (TPSA) is 52.9 Å². The van der Waals surface area contributed by atoms with E-state index in [1.54, 1.807) is 6.21 Å². The predicted molar refractivity (Wildman–Crippen MR) is 139 cm³/mol. The van der Waals surface area contributed by atoms with Crippen molar-refractivity contribution >= 4 is 33.9 Å². The number of hydrogen-bond donors (Lipinski definition) is 1. The Morgan fingerprint density at radius 3 is 2.38 bits per heavy atom. The molecule has 3 aromatic carbocycles. The van der Waals surface area contributed by atoms with E-state index in [2.05, 4.69) is 98.5 Å². The van der Waals surface area contributed by atoms with Crippen molar-refractivity contribution in [3.63, 3.8) is 0 Å². The SMILES string of the molecule is CCn1c2ccccc2c2cc(C=NNC(=O)CN3CCN(Cc4ccccc4)CC3)ccc21. The molecule has 6 nitrogen and oxygen atoms in total. The molecule has 34 heavy (non-hydrogen) atoms. The first-order valence-corrected chi connectivity index (χ1v) is 12.0. The van der Waals surface area contributed by atoms with Gasteiger partial charge >= 0.3 is 0 Å². The molecular weight excluding hydrogens is 422 g/mol. The number of amides is 1. The van der Waals surface area contributed by atoms with Crippen LogP contribution in [-0.4, -0.2) is 59.2 Å². The third kappa shape index (κ3) is 4.88. The molecule has 1 saturated heterocycles. The van der Waals surface area contributed by atoms with Crippen molar-refractivity contribution in [2.24, 2.45) is 5.10 Å². The Labute approximate surface area is 200 Å². The molecule has 2 heterocycles.